The molecule has 2 heterocycles. The summed E-state index contributed by atoms with van der Waals surface area (Å²) in [6, 6.07) is 8.55. The topological polar surface area (TPSA) is 75.2 Å². The van der Waals surface area contributed by atoms with E-state index in [0.29, 0.717) is 22.0 Å². The average molecular weight is 371 g/mol. The molecule has 0 atom stereocenters. The Morgan fingerprint density at radius 3 is 2.74 bits per heavy atom. The zero-order valence-electron chi connectivity index (χ0n) is 14.2. The van der Waals surface area contributed by atoms with Crippen LogP contribution in [0.25, 0.3) is 10.9 Å². The van der Waals surface area contributed by atoms with E-state index in [4.69, 9.17) is 0 Å². The molecule has 0 saturated heterocycles. The smallest absolute Gasteiger partial charge is 0.329 e. The van der Waals surface area contributed by atoms with Crippen molar-refractivity contribution in [3.8, 4) is 0 Å². The highest BCUT2D eigenvalue weighted by atomic mass is 19.1. The quantitative estimate of drug-likeness (QED) is 0.743. The number of carbonyl (C=O) groups excluding carboxylic acids is 1. The minimum absolute atomic E-state index is 0.0308. The van der Waals surface area contributed by atoms with Crippen molar-refractivity contribution in [3.63, 3.8) is 0 Å². The maximum Gasteiger partial charge on any atom is 0.329 e. The van der Waals surface area contributed by atoms with Crippen LogP contribution in [-0.4, -0.2) is 26.9 Å². The van der Waals surface area contributed by atoms with Crippen molar-refractivity contribution < 1.29 is 13.6 Å². The maximum atomic E-state index is 13.8. The molecule has 3 aromatic rings. The van der Waals surface area contributed by atoms with E-state index in [1.54, 1.807) is 24.3 Å². The van der Waals surface area contributed by atoms with Crippen molar-refractivity contribution >= 4 is 16.8 Å². The molecular weight excluding hydrogens is 356 g/mol. The number of para-hydroxylation sites is 1. The number of nitrogens with zero attached hydrogens (tertiary/aromatic N) is 2. The highest BCUT2D eigenvalue weighted by Crippen LogP contribution is 2.23. The van der Waals surface area contributed by atoms with Gasteiger partial charge in [-0.05, 0) is 35.7 Å². The number of halogens is 2. The summed E-state index contributed by atoms with van der Waals surface area (Å²) in [7, 11) is 0. The van der Waals surface area contributed by atoms with Crippen molar-refractivity contribution in [2.45, 2.75) is 19.5 Å². The van der Waals surface area contributed by atoms with Crippen molar-refractivity contribution in [2.75, 3.05) is 6.54 Å². The molecule has 6 nitrogen and oxygen atoms in total. The predicted molar refractivity (Wildman–Crippen MR) is 94.3 cm³/mol. The lowest BCUT2D eigenvalue weighted by Gasteiger charge is -2.29. The van der Waals surface area contributed by atoms with Crippen LogP contribution in [0, 0.1) is 11.6 Å². The molecule has 0 fully saturated rings. The summed E-state index contributed by atoms with van der Waals surface area (Å²) < 4.78 is 28.1. The third-order valence-electron chi connectivity index (χ3n) is 4.78. The highest BCUT2D eigenvalue weighted by Gasteiger charge is 2.24. The van der Waals surface area contributed by atoms with Crippen LogP contribution in [0.3, 0.4) is 0 Å². The van der Waals surface area contributed by atoms with Crippen LogP contribution >= 0.6 is 0 Å². The molecule has 1 amide bonds. The molecule has 2 aromatic carbocycles. The van der Waals surface area contributed by atoms with E-state index in [-0.39, 0.29) is 19.5 Å². The Morgan fingerprint density at radius 2 is 1.93 bits per heavy atom. The van der Waals surface area contributed by atoms with Gasteiger partial charge in [0.05, 0.1) is 10.9 Å². The lowest BCUT2D eigenvalue weighted by atomic mass is 9.99. The van der Waals surface area contributed by atoms with Crippen LogP contribution in [0.15, 0.2) is 46.0 Å². The number of H-pyrrole nitrogens is 1. The Hall–Kier alpha value is -3.29. The molecule has 4 rings (SSSR count). The Morgan fingerprint density at radius 1 is 1.15 bits per heavy atom. The second kappa shape index (κ2) is 6.46. The molecule has 8 heteroatoms. The lowest BCUT2D eigenvalue weighted by molar-refractivity contribution is -0.132. The number of nitrogens with one attached hydrogen (secondary N) is 1. The van der Waals surface area contributed by atoms with Gasteiger partial charge in [0.2, 0.25) is 5.91 Å². The zero-order valence-corrected chi connectivity index (χ0v) is 14.2. The Balaban J connectivity index is 1.63. The summed E-state index contributed by atoms with van der Waals surface area (Å²) in [6.45, 7) is -0.177. The SMILES string of the molecule is O=C(Cn1c(=O)[nH]c2ccccc2c1=O)N1CCc2c(F)cc(F)cc2C1. The standard InChI is InChI=1S/C19H15F2N3O3/c20-12-7-11-9-23(6-5-13(11)15(21)8-12)17(25)10-24-18(26)14-3-1-2-4-16(14)22-19(24)27/h1-4,7-8H,5-6,9-10H2,(H,22,27). The van der Waals surface area contributed by atoms with E-state index in [1.807, 2.05) is 0 Å². The minimum atomic E-state index is -0.706. The van der Waals surface area contributed by atoms with Crippen molar-refractivity contribution in [2.24, 2.45) is 0 Å². The molecule has 0 unspecified atom stereocenters. The first-order valence-corrected chi connectivity index (χ1v) is 8.40. The normalized spacial score (nSPS) is 13.6. The van der Waals surface area contributed by atoms with E-state index in [1.165, 1.54) is 11.0 Å². The summed E-state index contributed by atoms with van der Waals surface area (Å²) in [5.74, 6) is -1.80. The number of amides is 1. The first kappa shape index (κ1) is 17.1. The van der Waals surface area contributed by atoms with Gasteiger partial charge in [-0.2, -0.15) is 0 Å². The van der Waals surface area contributed by atoms with Crippen molar-refractivity contribution in [1.82, 2.24) is 14.5 Å². The van der Waals surface area contributed by atoms with E-state index >= 15 is 0 Å². The fourth-order valence-corrected chi connectivity index (χ4v) is 3.40. The van der Waals surface area contributed by atoms with E-state index < -0.39 is 35.3 Å². The molecule has 0 spiro atoms. The molecule has 0 bridgehead atoms. The van der Waals surface area contributed by atoms with E-state index in [2.05, 4.69) is 4.98 Å². The number of aromatic nitrogens is 2. The number of hydrogen-bond donors (Lipinski definition) is 1. The monoisotopic (exact) mass is 371 g/mol. The highest BCUT2D eigenvalue weighted by molar-refractivity contribution is 5.79. The molecule has 0 saturated carbocycles. The van der Waals surface area contributed by atoms with Crippen LogP contribution in [-0.2, 0) is 24.3 Å². The van der Waals surface area contributed by atoms with Crippen LogP contribution in [0.4, 0.5) is 8.78 Å². The Kier molecular flexibility index (Phi) is 4.10. The molecule has 0 radical (unpaired) electrons. The number of rotatable bonds is 2. The Labute approximate surface area is 151 Å². The van der Waals surface area contributed by atoms with E-state index in [9.17, 15) is 23.2 Å². The summed E-state index contributed by atoms with van der Waals surface area (Å²) in [6.07, 6.45) is 0.246. The first-order valence-electron chi connectivity index (χ1n) is 8.40. The van der Waals surface area contributed by atoms with Crippen molar-refractivity contribution in [3.05, 3.63) is 80.0 Å². The summed E-state index contributed by atoms with van der Waals surface area (Å²) in [5.41, 5.74) is -0.0548. The number of carbonyl (C=O) groups is 1. The second-order valence-electron chi connectivity index (χ2n) is 6.46. The van der Waals surface area contributed by atoms with Crippen LogP contribution < -0.4 is 11.2 Å². The van der Waals surface area contributed by atoms with Crippen LogP contribution in [0.5, 0.6) is 0 Å². The first-order chi connectivity index (χ1) is 12.9. The minimum Gasteiger partial charge on any atom is -0.336 e. The van der Waals surface area contributed by atoms with E-state index in [0.717, 1.165) is 10.6 Å². The van der Waals surface area contributed by atoms with Gasteiger partial charge in [0.1, 0.15) is 18.2 Å². The van der Waals surface area contributed by atoms with Gasteiger partial charge in [-0.1, -0.05) is 12.1 Å². The van der Waals surface area contributed by atoms with Gasteiger partial charge < -0.3 is 9.88 Å². The summed E-state index contributed by atoms with van der Waals surface area (Å²) >= 11 is 0. The predicted octanol–water partition coefficient (Wildman–Crippen LogP) is 1.55. The summed E-state index contributed by atoms with van der Waals surface area (Å²) in [5, 5.41) is 0.304. The fourth-order valence-electron chi connectivity index (χ4n) is 3.40. The molecule has 138 valence electrons. The number of benzene rings is 2. The fraction of sp³-hybridized carbons (Fsp3) is 0.211. The molecule has 0 aliphatic carbocycles. The molecule has 1 aliphatic heterocycles. The number of hydrogen-bond acceptors (Lipinski definition) is 3. The molecular formula is C19H15F2N3O3. The van der Waals surface area contributed by atoms with Gasteiger partial charge in [0.25, 0.3) is 5.56 Å². The second-order valence-corrected chi connectivity index (χ2v) is 6.46. The summed E-state index contributed by atoms with van der Waals surface area (Å²) in [4.78, 5) is 41.3. The van der Waals surface area contributed by atoms with Crippen LogP contribution in [0.2, 0.25) is 0 Å². The molecule has 1 aliphatic rings. The third-order valence-corrected chi connectivity index (χ3v) is 4.78. The zero-order chi connectivity index (χ0) is 19.1. The van der Waals surface area contributed by atoms with Crippen LogP contribution in [0.1, 0.15) is 11.1 Å². The van der Waals surface area contributed by atoms with Gasteiger partial charge >= 0.3 is 5.69 Å². The largest absolute Gasteiger partial charge is 0.336 e. The number of fused-ring (bicyclic) bond motifs is 2. The molecule has 1 N–H and O–H groups in total. The van der Waals surface area contributed by atoms with Gasteiger partial charge in [0.15, 0.2) is 0 Å². The number of aromatic amines is 1. The lowest BCUT2D eigenvalue weighted by Crippen LogP contribution is -2.44. The third kappa shape index (κ3) is 3.03. The molecule has 1 aromatic heterocycles. The van der Waals surface area contributed by atoms with Gasteiger partial charge in [-0.3, -0.25) is 14.2 Å². The maximum absolute atomic E-state index is 13.8. The Bertz CT molecular complexity index is 1180. The average Bonchev–Trinajstić information content (AvgIpc) is 2.64. The van der Waals surface area contributed by atoms with Crippen molar-refractivity contribution in [1.29, 1.82) is 0 Å². The van der Waals surface area contributed by atoms with Gasteiger partial charge in [0, 0.05) is 19.2 Å². The molecule has 27 heavy (non-hydrogen) atoms. The van der Waals surface area contributed by atoms with Gasteiger partial charge in [-0.25, -0.2) is 13.6 Å². The van der Waals surface area contributed by atoms with Gasteiger partial charge in [-0.15, -0.1) is 0 Å².